The number of nitrogens with zero attached hydrogens (tertiary/aromatic N) is 2. The minimum absolute atomic E-state index is 0.0139. The molecular formula is C16H22N4O. The average molecular weight is 286 g/mol. The Labute approximate surface area is 125 Å². The molecule has 112 valence electrons. The number of aryl methyl sites for hydroxylation is 2. The summed E-state index contributed by atoms with van der Waals surface area (Å²) in [5.74, 6) is 0.640. The SMILES string of the molecule is CCc1cc(CC)n(Cc2ccc(C(=N)N)c(OC)c2)n1. The van der Waals surface area contributed by atoms with Crippen molar-refractivity contribution in [3.63, 3.8) is 0 Å². The molecule has 0 aliphatic heterocycles. The van der Waals surface area contributed by atoms with Crippen LogP contribution in [0.25, 0.3) is 0 Å². The van der Waals surface area contributed by atoms with Crippen LogP contribution in [0.4, 0.5) is 0 Å². The van der Waals surface area contributed by atoms with E-state index in [1.165, 1.54) is 5.69 Å². The third-order valence-corrected chi connectivity index (χ3v) is 3.53. The number of amidine groups is 1. The maximum Gasteiger partial charge on any atom is 0.130 e. The van der Waals surface area contributed by atoms with Crippen LogP contribution in [0, 0.1) is 5.41 Å². The molecule has 0 unspecified atom stereocenters. The molecule has 0 amide bonds. The zero-order valence-electron chi connectivity index (χ0n) is 12.8. The molecule has 5 heteroatoms. The van der Waals surface area contributed by atoms with Crippen molar-refractivity contribution in [2.24, 2.45) is 5.73 Å². The number of benzene rings is 1. The second-order valence-electron chi connectivity index (χ2n) is 4.94. The number of ether oxygens (including phenoxy) is 1. The first-order chi connectivity index (χ1) is 10.1. The Kier molecular flexibility index (Phi) is 4.62. The van der Waals surface area contributed by atoms with E-state index in [4.69, 9.17) is 15.9 Å². The number of nitrogens with one attached hydrogen (secondary N) is 1. The summed E-state index contributed by atoms with van der Waals surface area (Å²) in [5, 5.41) is 12.2. The summed E-state index contributed by atoms with van der Waals surface area (Å²) in [6.07, 6.45) is 1.89. The number of hydrogen-bond acceptors (Lipinski definition) is 3. The summed E-state index contributed by atoms with van der Waals surface area (Å²) in [4.78, 5) is 0. The van der Waals surface area contributed by atoms with E-state index in [-0.39, 0.29) is 5.84 Å². The second kappa shape index (κ2) is 6.43. The Bertz CT molecular complexity index is 646. The molecule has 5 nitrogen and oxygen atoms in total. The average Bonchev–Trinajstić information content (AvgIpc) is 2.89. The molecule has 1 heterocycles. The molecule has 2 rings (SSSR count). The minimum atomic E-state index is 0.0139. The number of aromatic nitrogens is 2. The Morgan fingerprint density at radius 1 is 1.29 bits per heavy atom. The normalized spacial score (nSPS) is 10.6. The van der Waals surface area contributed by atoms with Crippen molar-refractivity contribution < 1.29 is 4.74 Å². The zero-order chi connectivity index (χ0) is 15.4. The van der Waals surface area contributed by atoms with Gasteiger partial charge in [-0.15, -0.1) is 0 Å². The van der Waals surface area contributed by atoms with Crippen molar-refractivity contribution in [2.45, 2.75) is 33.2 Å². The highest BCUT2D eigenvalue weighted by molar-refractivity contribution is 5.97. The topological polar surface area (TPSA) is 76.9 Å². The Balaban J connectivity index is 2.31. The van der Waals surface area contributed by atoms with Gasteiger partial charge in [0, 0.05) is 5.69 Å². The lowest BCUT2D eigenvalue weighted by molar-refractivity contribution is 0.413. The third-order valence-electron chi connectivity index (χ3n) is 3.53. The lowest BCUT2D eigenvalue weighted by Gasteiger charge is -2.11. The smallest absolute Gasteiger partial charge is 0.130 e. The van der Waals surface area contributed by atoms with Crippen LogP contribution < -0.4 is 10.5 Å². The van der Waals surface area contributed by atoms with Crippen LogP contribution in [-0.2, 0) is 19.4 Å². The standard InChI is InChI=1S/C16H22N4O/c1-4-12-9-13(5-2)20(19-12)10-11-6-7-14(16(17)18)15(8-11)21-3/h6-9H,4-5,10H2,1-3H3,(H3,17,18). The van der Waals surface area contributed by atoms with Gasteiger partial charge in [0.15, 0.2) is 0 Å². The number of hydrogen-bond donors (Lipinski definition) is 2. The molecule has 1 aromatic carbocycles. The van der Waals surface area contributed by atoms with Gasteiger partial charge in [-0.05, 0) is 36.6 Å². The van der Waals surface area contributed by atoms with Crippen molar-refractivity contribution in [3.8, 4) is 5.75 Å². The summed E-state index contributed by atoms with van der Waals surface area (Å²) in [6, 6.07) is 7.86. The van der Waals surface area contributed by atoms with E-state index < -0.39 is 0 Å². The fourth-order valence-corrected chi connectivity index (χ4v) is 2.34. The fourth-order valence-electron chi connectivity index (χ4n) is 2.34. The van der Waals surface area contributed by atoms with Gasteiger partial charge in [-0.2, -0.15) is 5.10 Å². The summed E-state index contributed by atoms with van der Waals surface area (Å²) in [7, 11) is 1.59. The van der Waals surface area contributed by atoms with Crippen molar-refractivity contribution in [1.29, 1.82) is 5.41 Å². The van der Waals surface area contributed by atoms with E-state index in [0.717, 1.165) is 24.1 Å². The fraction of sp³-hybridized carbons (Fsp3) is 0.375. The molecular weight excluding hydrogens is 264 g/mol. The van der Waals surface area contributed by atoms with E-state index >= 15 is 0 Å². The summed E-state index contributed by atoms with van der Waals surface area (Å²) < 4.78 is 7.35. The molecule has 3 N–H and O–H groups in total. The molecule has 0 aliphatic rings. The molecule has 1 aromatic heterocycles. The van der Waals surface area contributed by atoms with Crippen molar-refractivity contribution in [2.75, 3.05) is 7.11 Å². The largest absolute Gasteiger partial charge is 0.496 e. The van der Waals surface area contributed by atoms with Crippen molar-refractivity contribution >= 4 is 5.84 Å². The van der Waals surface area contributed by atoms with Gasteiger partial charge in [-0.3, -0.25) is 10.1 Å². The first kappa shape index (κ1) is 15.1. The van der Waals surface area contributed by atoms with Gasteiger partial charge in [0.1, 0.15) is 11.6 Å². The van der Waals surface area contributed by atoms with Gasteiger partial charge in [0.25, 0.3) is 0 Å². The Morgan fingerprint density at radius 3 is 2.62 bits per heavy atom. The number of methoxy groups -OCH3 is 1. The predicted octanol–water partition coefficient (Wildman–Crippen LogP) is 2.35. The summed E-state index contributed by atoms with van der Waals surface area (Å²) >= 11 is 0. The van der Waals surface area contributed by atoms with Gasteiger partial charge >= 0.3 is 0 Å². The van der Waals surface area contributed by atoms with E-state index in [2.05, 4.69) is 25.0 Å². The first-order valence-corrected chi connectivity index (χ1v) is 7.15. The van der Waals surface area contributed by atoms with Gasteiger partial charge in [0.05, 0.1) is 24.9 Å². The van der Waals surface area contributed by atoms with Gasteiger partial charge < -0.3 is 10.5 Å². The zero-order valence-corrected chi connectivity index (χ0v) is 12.8. The van der Waals surface area contributed by atoms with Crippen LogP contribution in [0.2, 0.25) is 0 Å². The summed E-state index contributed by atoms with van der Waals surface area (Å²) in [5.41, 5.74) is 9.58. The number of nitrogens with two attached hydrogens (primary N) is 1. The van der Waals surface area contributed by atoms with Crippen LogP contribution in [0.3, 0.4) is 0 Å². The lowest BCUT2D eigenvalue weighted by atomic mass is 10.1. The molecule has 21 heavy (non-hydrogen) atoms. The molecule has 2 aromatic rings. The monoisotopic (exact) mass is 286 g/mol. The van der Waals surface area contributed by atoms with E-state index in [1.54, 1.807) is 7.11 Å². The first-order valence-electron chi connectivity index (χ1n) is 7.15. The molecule has 0 atom stereocenters. The third kappa shape index (κ3) is 3.24. The van der Waals surface area contributed by atoms with Crippen molar-refractivity contribution in [1.82, 2.24) is 9.78 Å². The maximum atomic E-state index is 7.54. The number of nitrogen functional groups attached to an aromatic ring is 1. The van der Waals surface area contributed by atoms with E-state index in [1.807, 2.05) is 22.9 Å². The van der Waals surface area contributed by atoms with Crippen LogP contribution in [0.15, 0.2) is 24.3 Å². The maximum absolute atomic E-state index is 7.54. The highest BCUT2D eigenvalue weighted by Crippen LogP contribution is 2.21. The Morgan fingerprint density at radius 2 is 2.05 bits per heavy atom. The molecule has 0 fully saturated rings. The van der Waals surface area contributed by atoms with Gasteiger partial charge in [-0.25, -0.2) is 0 Å². The quantitative estimate of drug-likeness (QED) is 0.632. The molecule has 0 radical (unpaired) electrons. The van der Waals surface area contributed by atoms with Crippen LogP contribution >= 0.6 is 0 Å². The molecule has 0 bridgehead atoms. The predicted molar refractivity (Wildman–Crippen MR) is 84.1 cm³/mol. The number of rotatable bonds is 6. The van der Waals surface area contributed by atoms with Gasteiger partial charge in [0.2, 0.25) is 0 Å². The second-order valence-corrected chi connectivity index (χ2v) is 4.94. The highest BCUT2D eigenvalue weighted by Gasteiger charge is 2.10. The summed E-state index contributed by atoms with van der Waals surface area (Å²) in [6.45, 7) is 4.93. The molecule has 0 saturated heterocycles. The van der Waals surface area contributed by atoms with Crippen LogP contribution in [0.5, 0.6) is 5.75 Å². The molecule has 0 spiro atoms. The highest BCUT2D eigenvalue weighted by atomic mass is 16.5. The van der Waals surface area contributed by atoms with E-state index in [9.17, 15) is 0 Å². The minimum Gasteiger partial charge on any atom is -0.496 e. The van der Waals surface area contributed by atoms with E-state index in [0.29, 0.717) is 17.9 Å². The van der Waals surface area contributed by atoms with Crippen LogP contribution in [0.1, 0.15) is 36.4 Å². The molecule has 0 aliphatic carbocycles. The lowest BCUT2D eigenvalue weighted by Crippen LogP contribution is -2.13. The molecule has 0 saturated carbocycles. The van der Waals surface area contributed by atoms with Crippen molar-refractivity contribution in [3.05, 3.63) is 46.8 Å². The van der Waals surface area contributed by atoms with Gasteiger partial charge in [-0.1, -0.05) is 19.9 Å². The van der Waals surface area contributed by atoms with Crippen LogP contribution in [-0.4, -0.2) is 22.7 Å². The Hall–Kier alpha value is -2.30.